The SMILES string of the molecule is CN=C(NCCOCCC(C)C)NCCc1cccc(F)c1. The molecule has 0 spiro atoms. The average molecular weight is 309 g/mol. The van der Waals surface area contributed by atoms with Crippen molar-refractivity contribution in [1.82, 2.24) is 10.6 Å². The molecule has 0 radical (unpaired) electrons. The lowest BCUT2D eigenvalue weighted by Crippen LogP contribution is -2.39. The van der Waals surface area contributed by atoms with Crippen molar-refractivity contribution in [3.63, 3.8) is 0 Å². The van der Waals surface area contributed by atoms with Gasteiger partial charge in [0.05, 0.1) is 6.61 Å². The van der Waals surface area contributed by atoms with Crippen LogP contribution < -0.4 is 10.6 Å². The first kappa shape index (κ1) is 18.4. The second-order valence-electron chi connectivity index (χ2n) is 5.60. The van der Waals surface area contributed by atoms with Gasteiger partial charge in [0.15, 0.2) is 5.96 Å². The summed E-state index contributed by atoms with van der Waals surface area (Å²) in [4.78, 5) is 4.15. The van der Waals surface area contributed by atoms with Gasteiger partial charge >= 0.3 is 0 Å². The van der Waals surface area contributed by atoms with Gasteiger partial charge in [-0.25, -0.2) is 4.39 Å². The molecular formula is C17H28FN3O. The highest BCUT2D eigenvalue weighted by Gasteiger charge is 1.99. The molecule has 4 nitrogen and oxygen atoms in total. The van der Waals surface area contributed by atoms with Crippen LogP contribution in [0.15, 0.2) is 29.3 Å². The van der Waals surface area contributed by atoms with Gasteiger partial charge in [0.25, 0.3) is 0 Å². The minimum Gasteiger partial charge on any atom is -0.380 e. The maximum Gasteiger partial charge on any atom is 0.191 e. The van der Waals surface area contributed by atoms with Gasteiger partial charge < -0.3 is 15.4 Å². The van der Waals surface area contributed by atoms with Gasteiger partial charge in [-0.15, -0.1) is 0 Å². The van der Waals surface area contributed by atoms with Gasteiger partial charge in [-0.2, -0.15) is 0 Å². The monoisotopic (exact) mass is 309 g/mol. The van der Waals surface area contributed by atoms with Crippen LogP contribution in [0.3, 0.4) is 0 Å². The molecule has 0 unspecified atom stereocenters. The molecule has 5 heteroatoms. The number of halogens is 1. The molecule has 0 fully saturated rings. The van der Waals surface area contributed by atoms with E-state index in [0.717, 1.165) is 37.5 Å². The number of hydrogen-bond acceptors (Lipinski definition) is 2. The Bertz CT molecular complexity index is 449. The predicted molar refractivity (Wildman–Crippen MR) is 89.7 cm³/mol. The van der Waals surface area contributed by atoms with Gasteiger partial charge in [0.1, 0.15) is 5.82 Å². The molecule has 1 rings (SSSR count). The summed E-state index contributed by atoms with van der Waals surface area (Å²) in [6, 6.07) is 6.66. The molecule has 0 aliphatic rings. The third kappa shape index (κ3) is 8.62. The number of rotatable bonds is 9. The fourth-order valence-electron chi connectivity index (χ4n) is 1.90. The Balaban J connectivity index is 2.12. The van der Waals surface area contributed by atoms with E-state index in [1.54, 1.807) is 19.2 Å². The first-order chi connectivity index (χ1) is 10.6. The zero-order valence-electron chi connectivity index (χ0n) is 13.9. The topological polar surface area (TPSA) is 45.7 Å². The summed E-state index contributed by atoms with van der Waals surface area (Å²) in [5.41, 5.74) is 0.972. The fourth-order valence-corrected chi connectivity index (χ4v) is 1.90. The average Bonchev–Trinajstić information content (AvgIpc) is 2.48. The van der Waals surface area contributed by atoms with E-state index in [1.165, 1.54) is 6.07 Å². The van der Waals surface area contributed by atoms with Crippen molar-refractivity contribution >= 4 is 5.96 Å². The van der Waals surface area contributed by atoms with Crippen molar-refractivity contribution in [3.05, 3.63) is 35.6 Å². The number of nitrogens with zero attached hydrogens (tertiary/aromatic N) is 1. The number of nitrogens with one attached hydrogen (secondary N) is 2. The van der Waals surface area contributed by atoms with Crippen molar-refractivity contribution < 1.29 is 9.13 Å². The zero-order chi connectivity index (χ0) is 16.2. The highest BCUT2D eigenvalue weighted by atomic mass is 19.1. The molecule has 0 aromatic heterocycles. The summed E-state index contributed by atoms with van der Waals surface area (Å²) in [7, 11) is 1.73. The number of guanidine groups is 1. The minimum atomic E-state index is -0.196. The van der Waals surface area contributed by atoms with Crippen molar-refractivity contribution in [2.24, 2.45) is 10.9 Å². The minimum absolute atomic E-state index is 0.196. The van der Waals surface area contributed by atoms with Gasteiger partial charge in [0, 0.05) is 26.7 Å². The van der Waals surface area contributed by atoms with Crippen molar-refractivity contribution in [1.29, 1.82) is 0 Å². The van der Waals surface area contributed by atoms with Crippen LogP contribution in [0.1, 0.15) is 25.8 Å². The molecule has 0 aliphatic carbocycles. The molecule has 22 heavy (non-hydrogen) atoms. The second-order valence-corrected chi connectivity index (χ2v) is 5.60. The van der Waals surface area contributed by atoms with E-state index in [4.69, 9.17) is 4.74 Å². The van der Waals surface area contributed by atoms with E-state index >= 15 is 0 Å². The number of aliphatic imine (C=N–C) groups is 1. The molecule has 0 saturated carbocycles. The summed E-state index contributed by atoms with van der Waals surface area (Å²) in [6.07, 6.45) is 1.84. The van der Waals surface area contributed by atoms with Crippen LogP contribution in [0.25, 0.3) is 0 Å². The molecule has 2 N–H and O–H groups in total. The lowest BCUT2D eigenvalue weighted by atomic mass is 10.1. The molecule has 0 saturated heterocycles. The third-order valence-corrected chi connectivity index (χ3v) is 3.20. The smallest absolute Gasteiger partial charge is 0.191 e. The highest BCUT2D eigenvalue weighted by Crippen LogP contribution is 2.03. The quantitative estimate of drug-likeness (QED) is 0.419. The van der Waals surface area contributed by atoms with Crippen LogP contribution in [0.4, 0.5) is 4.39 Å². The van der Waals surface area contributed by atoms with Gasteiger partial charge in [-0.1, -0.05) is 26.0 Å². The lowest BCUT2D eigenvalue weighted by molar-refractivity contribution is 0.128. The summed E-state index contributed by atoms with van der Waals surface area (Å²) in [6.45, 7) is 7.26. The maximum absolute atomic E-state index is 13.1. The Morgan fingerprint density at radius 3 is 2.68 bits per heavy atom. The van der Waals surface area contributed by atoms with E-state index in [2.05, 4.69) is 29.5 Å². The molecule has 0 heterocycles. The number of hydrogen-bond donors (Lipinski definition) is 2. The molecule has 0 aliphatic heterocycles. The lowest BCUT2D eigenvalue weighted by Gasteiger charge is -2.12. The summed E-state index contributed by atoms with van der Waals surface area (Å²) >= 11 is 0. The maximum atomic E-state index is 13.1. The van der Waals surface area contributed by atoms with Gasteiger partial charge in [-0.05, 0) is 36.5 Å². The van der Waals surface area contributed by atoms with Gasteiger partial charge in [-0.3, -0.25) is 4.99 Å². The third-order valence-electron chi connectivity index (χ3n) is 3.20. The van der Waals surface area contributed by atoms with E-state index in [0.29, 0.717) is 19.1 Å². The normalized spacial score (nSPS) is 11.8. The van der Waals surface area contributed by atoms with Crippen LogP contribution in [0, 0.1) is 11.7 Å². The van der Waals surface area contributed by atoms with E-state index in [-0.39, 0.29) is 5.82 Å². The summed E-state index contributed by atoms with van der Waals surface area (Å²) in [5.74, 6) is 1.22. The fraction of sp³-hybridized carbons (Fsp3) is 0.588. The van der Waals surface area contributed by atoms with E-state index in [9.17, 15) is 4.39 Å². The highest BCUT2D eigenvalue weighted by molar-refractivity contribution is 5.79. The Morgan fingerprint density at radius 2 is 2.00 bits per heavy atom. The standard InChI is InChI=1S/C17H28FN3O/c1-14(2)8-11-22-12-10-21-17(19-3)20-9-7-15-5-4-6-16(18)13-15/h4-6,13-14H,7-12H2,1-3H3,(H2,19,20,21). The summed E-state index contributed by atoms with van der Waals surface area (Å²) < 4.78 is 18.6. The molecule has 0 bridgehead atoms. The zero-order valence-corrected chi connectivity index (χ0v) is 13.9. The number of ether oxygens (including phenoxy) is 1. The Morgan fingerprint density at radius 1 is 1.23 bits per heavy atom. The Hall–Kier alpha value is -1.62. The van der Waals surface area contributed by atoms with Crippen molar-refractivity contribution in [2.45, 2.75) is 26.7 Å². The molecular weight excluding hydrogens is 281 g/mol. The van der Waals surface area contributed by atoms with E-state index < -0.39 is 0 Å². The predicted octanol–water partition coefficient (Wildman–Crippen LogP) is 2.60. The van der Waals surface area contributed by atoms with E-state index in [1.807, 2.05) is 6.07 Å². The second kappa shape index (κ2) is 11.0. The van der Waals surface area contributed by atoms with Crippen molar-refractivity contribution in [3.8, 4) is 0 Å². The first-order valence-corrected chi connectivity index (χ1v) is 7.88. The van der Waals surface area contributed by atoms with Crippen LogP contribution in [0.2, 0.25) is 0 Å². The molecule has 1 aromatic carbocycles. The van der Waals surface area contributed by atoms with Crippen molar-refractivity contribution in [2.75, 3.05) is 33.4 Å². The first-order valence-electron chi connectivity index (χ1n) is 7.88. The number of benzene rings is 1. The molecule has 0 amide bonds. The largest absolute Gasteiger partial charge is 0.380 e. The summed E-state index contributed by atoms with van der Waals surface area (Å²) in [5, 5.41) is 6.40. The Labute approximate surface area is 133 Å². The van der Waals surface area contributed by atoms with Gasteiger partial charge in [0.2, 0.25) is 0 Å². The van der Waals surface area contributed by atoms with Crippen LogP contribution in [0.5, 0.6) is 0 Å². The Kier molecular flexibility index (Phi) is 9.23. The molecule has 0 atom stereocenters. The van der Waals surface area contributed by atoms with Crippen LogP contribution in [-0.2, 0) is 11.2 Å². The molecule has 124 valence electrons. The molecule has 1 aromatic rings. The van der Waals surface area contributed by atoms with Crippen LogP contribution in [-0.4, -0.2) is 39.3 Å². The van der Waals surface area contributed by atoms with Crippen LogP contribution >= 0.6 is 0 Å².